The van der Waals surface area contributed by atoms with Gasteiger partial charge in [-0.15, -0.1) is 0 Å². The largest absolute Gasteiger partial charge is 0.391 e. The van der Waals surface area contributed by atoms with Crippen LogP contribution in [0.5, 0.6) is 0 Å². The summed E-state index contributed by atoms with van der Waals surface area (Å²) in [7, 11) is 0. The summed E-state index contributed by atoms with van der Waals surface area (Å²) in [6, 6.07) is 20.9. The first-order valence-electron chi connectivity index (χ1n) is 11.1. The Morgan fingerprint density at radius 2 is 1.65 bits per heavy atom. The minimum absolute atomic E-state index is 0.183. The van der Waals surface area contributed by atoms with Crippen molar-refractivity contribution in [1.82, 2.24) is 14.9 Å². The Labute approximate surface area is 183 Å². The molecule has 2 aromatic carbocycles. The van der Waals surface area contributed by atoms with Crippen molar-refractivity contribution in [3.8, 4) is 0 Å². The van der Waals surface area contributed by atoms with E-state index in [9.17, 15) is 5.11 Å². The second-order valence-corrected chi connectivity index (χ2v) is 8.44. The number of fused-ring (bicyclic) bond motifs is 1. The summed E-state index contributed by atoms with van der Waals surface area (Å²) in [6.07, 6.45) is 4.02. The quantitative estimate of drug-likeness (QED) is 0.679. The highest BCUT2D eigenvalue weighted by Crippen LogP contribution is 2.27. The summed E-state index contributed by atoms with van der Waals surface area (Å²) in [4.78, 5) is 13.6. The first kappa shape index (κ1) is 20.0. The number of hydrogen-bond donors (Lipinski definition) is 2. The van der Waals surface area contributed by atoms with E-state index in [4.69, 9.17) is 0 Å². The van der Waals surface area contributed by atoms with Crippen molar-refractivity contribution in [2.24, 2.45) is 0 Å². The fraction of sp³-hybridized carbons (Fsp3) is 0.360. The van der Waals surface area contributed by atoms with Gasteiger partial charge in [-0.3, -0.25) is 4.90 Å². The fourth-order valence-corrected chi connectivity index (χ4v) is 4.79. The van der Waals surface area contributed by atoms with Crippen molar-refractivity contribution >= 4 is 17.3 Å². The normalized spacial score (nSPS) is 21.9. The highest BCUT2D eigenvalue weighted by Gasteiger charge is 2.31. The van der Waals surface area contributed by atoms with Gasteiger partial charge >= 0.3 is 0 Å². The summed E-state index contributed by atoms with van der Waals surface area (Å²) < 4.78 is 0. The van der Waals surface area contributed by atoms with E-state index >= 15 is 0 Å². The number of aliphatic hydroxyl groups excluding tert-OH is 1. The summed E-state index contributed by atoms with van der Waals surface area (Å²) >= 11 is 0. The van der Waals surface area contributed by atoms with Crippen LogP contribution < -0.4 is 10.2 Å². The lowest BCUT2D eigenvalue weighted by Gasteiger charge is -2.37. The van der Waals surface area contributed by atoms with Crippen molar-refractivity contribution in [3.05, 3.63) is 78.1 Å². The van der Waals surface area contributed by atoms with Gasteiger partial charge in [-0.05, 0) is 42.5 Å². The molecule has 6 nitrogen and oxygen atoms in total. The van der Waals surface area contributed by atoms with E-state index in [0.29, 0.717) is 0 Å². The average Bonchev–Trinajstić information content (AvgIpc) is 3.01. The summed E-state index contributed by atoms with van der Waals surface area (Å²) in [5.74, 6) is 1.69. The molecule has 2 N–H and O–H groups in total. The number of nitrogens with one attached hydrogen (secondary N) is 1. The predicted octanol–water partition coefficient (Wildman–Crippen LogP) is 3.61. The number of benzene rings is 2. The molecule has 0 spiro atoms. The first-order valence-corrected chi connectivity index (χ1v) is 11.1. The van der Waals surface area contributed by atoms with Gasteiger partial charge in [-0.2, -0.15) is 0 Å². The number of para-hydroxylation sites is 1. The Hall–Kier alpha value is -2.96. The van der Waals surface area contributed by atoms with Crippen molar-refractivity contribution < 1.29 is 5.11 Å². The van der Waals surface area contributed by atoms with Crippen molar-refractivity contribution in [1.29, 1.82) is 0 Å². The number of anilines is 3. The van der Waals surface area contributed by atoms with Crippen LogP contribution in [0, 0.1) is 0 Å². The maximum absolute atomic E-state index is 10.9. The fourth-order valence-electron chi connectivity index (χ4n) is 4.79. The second-order valence-electron chi connectivity index (χ2n) is 8.44. The van der Waals surface area contributed by atoms with Gasteiger partial charge in [0.25, 0.3) is 0 Å². The van der Waals surface area contributed by atoms with Crippen molar-refractivity contribution in [2.75, 3.05) is 29.9 Å². The lowest BCUT2D eigenvalue weighted by Crippen LogP contribution is -2.46. The molecule has 1 fully saturated rings. The van der Waals surface area contributed by atoms with Gasteiger partial charge in [0, 0.05) is 44.0 Å². The lowest BCUT2D eigenvalue weighted by atomic mass is 9.96. The van der Waals surface area contributed by atoms with Gasteiger partial charge in [0.05, 0.1) is 6.10 Å². The summed E-state index contributed by atoms with van der Waals surface area (Å²) in [5.41, 5.74) is 3.85. The smallest absolute Gasteiger partial charge is 0.135 e. The number of hydrogen-bond acceptors (Lipinski definition) is 6. The molecule has 1 aromatic heterocycles. The number of aliphatic hydroxyl groups is 1. The number of nitrogens with zero attached hydrogens (tertiary/aromatic N) is 4. The van der Waals surface area contributed by atoms with Crippen molar-refractivity contribution in [2.45, 2.75) is 38.0 Å². The molecule has 0 amide bonds. The standard InChI is InChI=1S/C25H29N5O/c31-23-12-15-29(25-16-24(26-18-27-25)28-21-8-2-1-3-9-21)14-11-22(23)30-13-10-19-6-4-5-7-20(19)17-30/h1-9,16,18,22-23,31H,10-15,17H2,(H,26,27,28). The van der Waals surface area contributed by atoms with Gasteiger partial charge in [-0.25, -0.2) is 9.97 Å². The minimum Gasteiger partial charge on any atom is -0.391 e. The highest BCUT2D eigenvalue weighted by atomic mass is 16.3. The molecule has 3 aromatic rings. The van der Waals surface area contributed by atoms with Crippen LogP contribution >= 0.6 is 0 Å². The zero-order valence-electron chi connectivity index (χ0n) is 17.7. The van der Waals surface area contributed by atoms with Crippen LogP contribution in [0.25, 0.3) is 0 Å². The van der Waals surface area contributed by atoms with E-state index in [1.807, 2.05) is 36.4 Å². The SMILES string of the molecule is OC1CCN(c2cc(Nc3ccccc3)ncn2)CCC1N1CCc2ccccc2C1. The molecule has 0 saturated carbocycles. The lowest BCUT2D eigenvalue weighted by molar-refractivity contribution is 0.0394. The third-order valence-corrected chi connectivity index (χ3v) is 6.49. The van der Waals surface area contributed by atoms with Crippen LogP contribution in [0.2, 0.25) is 0 Å². The van der Waals surface area contributed by atoms with E-state index in [1.165, 1.54) is 11.1 Å². The maximum Gasteiger partial charge on any atom is 0.135 e. The van der Waals surface area contributed by atoms with Crippen molar-refractivity contribution in [3.63, 3.8) is 0 Å². The van der Waals surface area contributed by atoms with E-state index < -0.39 is 0 Å². The summed E-state index contributed by atoms with van der Waals surface area (Å²) in [5, 5.41) is 14.3. The molecule has 6 heteroatoms. The zero-order chi connectivity index (χ0) is 21.0. The Morgan fingerprint density at radius 1 is 0.871 bits per heavy atom. The minimum atomic E-state index is -0.320. The molecular weight excluding hydrogens is 386 g/mol. The van der Waals surface area contributed by atoms with E-state index in [2.05, 4.69) is 49.4 Å². The molecule has 2 unspecified atom stereocenters. The van der Waals surface area contributed by atoms with Gasteiger partial charge in [0.1, 0.15) is 18.0 Å². The molecule has 2 aliphatic rings. The van der Waals surface area contributed by atoms with Crippen LogP contribution in [0.3, 0.4) is 0 Å². The van der Waals surface area contributed by atoms with E-state index in [1.54, 1.807) is 6.33 Å². The molecule has 0 radical (unpaired) electrons. The molecule has 0 bridgehead atoms. The average molecular weight is 416 g/mol. The molecule has 3 heterocycles. The molecule has 160 valence electrons. The maximum atomic E-state index is 10.9. The Bertz CT molecular complexity index is 1010. The first-order chi connectivity index (χ1) is 15.3. The molecule has 5 rings (SSSR count). The van der Waals surface area contributed by atoms with Gasteiger partial charge in [0.15, 0.2) is 0 Å². The Morgan fingerprint density at radius 3 is 2.52 bits per heavy atom. The number of aromatic nitrogens is 2. The Balaban J connectivity index is 1.27. The number of rotatable bonds is 4. The van der Waals surface area contributed by atoms with Crippen LogP contribution in [0.1, 0.15) is 24.0 Å². The second kappa shape index (κ2) is 9.04. The van der Waals surface area contributed by atoms with Gasteiger partial charge in [-0.1, -0.05) is 42.5 Å². The van der Waals surface area contributed by atoms with E-state index in [-0.39, 0.29) is 12.1 Å². The molecule has 2 aliphatic heterocycles. The molecule has 31 heavy (non-hydrogen) atoms. The highest BCUT2D eigenvalue weighted by molar-refractivity contribution is 5.59. The predicted molar refractivity (Wildman–Crippen MR) is 124 cm³/mol. The topological polar surface area (TPSA) is 64.5 Å². The monoisotopic (exact) mass is 415 g/mol. The molecular formula is C25H29N5O. The van der Waals surface area contributed by atoms with Crippen LogP contribution in [-0.2, 0) is 13.0 Å². The Kier molecular flexibility index (Phi) is 5.82. The molecule has 1 saturated heterocycles. The van der Waals surface area contributed by atoms with Crippen LogP contribution in [0.4, 0.5) is 17.3 Å². The molecule has 0 aliphatic carbocycles. The van der Waals surface area contributed by atoms with Crippen LogP contribution in [-0.4, -0.2) is 51.8 Å². The molecule has 2 atom stereocenters. The van der Waals surface area contributed by atoms with Gasteiger partial charge in [0.2, 0.25) is 0 Å². The third-order valence-electron chi connectivity index (χ3n) is 6.49. The van der Waals surface area contributed by atoms with E-state index in [0.717, 1.165) is 62.8 Å². The third kappa shape index (κ3) is 4.55. The van der Waals surface area contributed by atoms with Crippen LogP contribution in [0.15, 0.2) is 67.0 Å². The summed E-state index contributed by atoms with van der Waals surface area (Å²) in [6.45, 7) is 3.61. The zero-order valence-corrected chi connectivity index (χ0v) is 17.7. The van der Waals surface area contributed by atoms with Gasteiger partial charge < -0.3 is 15.3 Å².